The van der Waals surface area contributed by atoms with Crippen LogP contribution in [0.1, 0.15) is 49.4 Å². The molecule has 0 saturated carbocycles. The molecule has 2 atom stereocenters. The molecular weight excluding hydrogens is 454 g/mol. The maximum atomic E-state index is 12.3. The SMILES string of the molecule is O=C(NCC(O)C(O)c1cc(C(=O)O)ccc1C(=O)O)OCC1c2ccccc2-c2ccccc21. The highest BCUT2D eigenvalue weighted by Crippen LogP contribution is 2.44. The first-order valence-corrected chi connectivity index (χ1v) is 10.8. The zero-order chi connectivity index (χ0) is 25.1. The van der Waals surface area contributed by atoms with Crippen LogP contribution in [0.25, 0.3) is 11.1 Å². The van der Waals surface area contributed by atoms with Crippen LogP contribution < -0.4 is 5.32 Å². The van der Waals surface area contributed by atoms with Crippen LogP contribution in [0.2, 0.25) is 0 Å². The third-order valence-corrected chi connectivity index (χ3v) is 6.01. The standard InChI is InChI=1S/C26H23NO8/c28-22(23(29)20-11-14(24(30)31)9-10-19(20)25(32)33)12-27-26(34)35-13-21-17-7-3-1-5-15(17)16-6-2-4-8-18(16)21/h1-11,21-23,28-29H,12-13H2,(H,27,34)(H,30,31)(H,32,33). The van der Waals surface area contributed by atoms with E-state index in [9.17, 15) is 29.7 Å². The number of hydrogen-bond acceptors (Lipinski definition) is 6. The van der Waals surface area contributed by atoms with Crippen LogP contribution in [0, 0.1) is 0 Å². The zero-order valence-electron chi connectivity index (χ0n) is 18.4. The van der Waals surface area contributed by atoms with E-state index in [-0.39, 0.29) is 29.2 Å². The fraction of sp³-hybridized carbons (Fsp3) is 0.192. The normalized spacial score (nSPS) is 13.9. The van der Waals surface area contributed by atoms with Crippen molar-refractivity contribution in [1.29, 1.82) is 0 Å². The highest BCUT2D eigenvalue weighted by atomic mass is 16.5. The predicted octanol–water partition coefficient (Wildman–Crippen LogP) is 3.02. The molecule has 0 saturated heterocycles. The molecule has 35 heavy (non-hydrogen) atoms. The summed E-state index contributed by atoms with van der Waals surface area (Å²) in [5, 5.41) is 41.6. The molecule has 0 heterocycles. The fourth-order valence-corrected chi connectivity index (χ4v) is 4.29. The van der Waals surface area contributed by atoms with Gasteiger partial charge in [-0.3, -0.25) is 0 Å². The Morgan fingerprint density at radius 2 is 1.46 bits per heavy atom. The minimum absolute atomic E-state index is 0.0579. The summed E-state index contributed by atoms with van der Waals surface area (Å²) >= 11 is 0. The number of fused-ring (bicyclic) bond motifs is 3. The van der Waals surface area contributed by atoms with E-state index in [4.69, 9.17) is 9.84 Å². The van der Waals surface area contributed by atoms with Gasteiger partial charge in [0.2, 0.25) is 0 Å². The average molecular weight is 477 g/mol. The minimum Gasteiger partial charge on any atom is -0.478 e. The number of ether oxygens (including phenoxy) is 1. The first kappa shape index (κ1) is 23.9. The van der Waals surface area contributed by atoms with Crippen molar-refractivity contribution in [2.45, 2.75) is 18.1 Å². The van der Waals surface area contributed by atoms with Gasteiger partial charge < -0.3 is 30.5 Å². The summed E-state index contributed by atoms with van der Waals surface area (Å²) in [6.45, 7) is -0.392. The van der Waals surface area contributed by atoms with E-state index in [1.165, 1.54) is 0 Å². The monoisotopic (exact) mass is 477 g/mol. The van der Waals surface area contributed by atoms with Gasteiger partial charge in [-0.25, -0.2) is 14.4 Å². The number of carbonyl (C=O) groups is 3. The number of carbonyl (C=O) groups excluding carboxylic acids is 1. The number of aliphatic hydroxyl groups is 2. The predicted molar refractivity (Wildman–Crippen MR) is 124 cm³/mol. The van der Waals surface area contributed by atoms with Crippen molar-refractivity contribution in [3.05, 3.63) is 94.5 Å². The molecule has 180 valence electrons. The number of aliphatic hydroxyl groups excluding tert-OH is 2. The van der Waals surface area contributed by atoms with E-state index in [0.29, 0.717) is 0 Å². The summed E-state index contributed by atoms with van der Waals surface area (Å²) in [6, 6.07) is 18.8. The molecule has 9 heteroatoms. The molecular formula is C26H23NO8. The Bertz CT molecular complexity index is 1240. The molecule has 0 aliphatic heterocycles. The number of rotatable bonds is 8. The van der Waals surface area contributed by atoms with Gasteiger partial charge in [-0.15, -0.1) is 0 Å². The van der Waals surface area contributed by atoms with Crippen molar-refractivity contribution in [3.63, 3.8) is 0 Å². The van der Waals surface area contributed by atoms with E-state index in [1.54, 1.807) is 0 Å². The second kappa shape index (κ2) is 9.96. The minimum atomic E-state index is -1.76. The van der Waals surface area contributed by atoms with Crippen molar-refractivity contribution in [2.75, 3.05) is 13.2 Å². The van der Waals surface area contributed by atoms with Gasteiger partial charge in [0.05, 0.1) is 11.1 Å². The largest absolute Gasteiger partial charge is 0.478 e. The molecule has 5 N–H and O–H groups in total. The maximum absolute atomic E-state index is 12.3. The van der Waals surface area contributed by atoms with Crippen molar-refractivity contribution >= 4 is 18.0 Å². The van der Waals surface area contributed by atoms with Gasteiger partial charge in [0, 0.05) is 12.5 Å². The highest BCUT2D eigenvalue weighted by molar-refractivity contribution is 5.93. The molecule has 4 rings (SSSR count). The second-order valence-corrected chi connectivity index (χ2v) is 8.13. The molecule has 0 bridgehead atoms. The van der Waals surface area contributed by atoms with E-state index < -0.39 is 36.8 Å². The molecule has 0 fully saturated rings. The maximum Gasteiger partial charge on any atom is 0.407 e. The first-order chi connectivity index (χ1) is 16.8. The van der Waals surface area contributed by atoms with Gasteiger partial charge in [-0.2, -0.15) is 0 Å². The van der Waals surface area contributed by atoms with Gasteiger partial charge in [0.25, 0.3) is 0 Å². The number of alkyl carbamates (subject to hydrolysis) is 1. The Morgan fingerprint density at radius 1 is 0.857 bits per heavy atom. The number of carboxylic acid groups (broad SMARTS) is 2. The number of aromatic carboxylic acids is 2. The van der Waals surface area contributed by atoms with E-state index in [0.717, 1.165) is 40.5 Å². The summed E-state index contributed by atoms with van der Waals surface area (Å²) in [6.07, 6.45) is -4.19. The van der Waals surface area contributed by atoms with Crippen molar-refractivity contribution in [2.24, 2.45) is 0 Å². The van der Waals surface area contributed by atoms with Crippen LogP contribution in [0.4, 0.5) is 4.79 Å². The lowest BCUT2D eigenvalue weighted by atomic mass is 9.96. The third kappa shape index (κ3) is 4.86. The van der Waals surface area contributed by atoms with E-state index in [1.807, 2.05) is 48.5 Å². The molecule has 1 amide bonds. The van der Waals surface area contributed by atoms with Crippen molar-refractivity contribution < 1.29 is 39.5 Å². The van der Waals surface area contributed by atoms with Crippen LogP contribution in [0.15, 0.2) is 66.7 Å². The van der Waals surface area contributed by atoms with Gasteiger partial charge >= 0.3 is 18.0 Å². The summed E-state index contributed by atoms with van der Waals surface area (Å²) in [5.74, 6) is -2.87. The lowest BCUT2D eigenvalue weighted by Crippen LogP contribution is -2.36. The molecule has 0 spiro atoms. The van der Waals surface area contributed by atoms with Gasteiger partial charge in [0.1, 0.15) is 18.8 Å². The summed E-state index contributed by atoms with van der Waals surface area (Å²) < 4.78 is 5.37. The van der Waals surface area contributed by atoms with Crippen LogP contribution in [-0.2, 0) is 4.74 Å². The molecule has 0 radical (unpaired) electrons. The fourth-order valence-electron chi connectivity index (χ4n) is 4.29. The quantitative estimate of drug-likeness (QED) is 0.332. The summed E-state index contributed by atoms with van der Waals surface area (Å²) in [4.78, 5) is 35.0. The lowest BCUT2D eigenvalue weighted by molar-refractivity contribution is 0.0174. The molecule has 1 aliphatic carbocycles. The van der Waals surface area contributed by atoms with Gasteiger partial charge in [0.15, 0.2) is 0 Å². The molecule has 2 unspecified atom stereocenters. The van der Waals surface area contributed by atoms with E-state index in [2.05, 4.69) is 5.32 Å². The molecule has 3 aromatic rings. The Hall–Kier alpha value is -4.21. The Balaban J connectivity index is 1.39. The first-order valence-electron chi connectivity index (χ1n) is 10.8. The molecule has 1 aliphatic rings. The second-order valence-electron chi connectivity index (χ2n) is 8.13. The van der Waals surface area contributed by atoms with Crippen LogP contribution in [0.3, 0.4) is 0 Å². The summed E-state index contributed by atoms with van der Waals surface area (Å²) in [7, 11) is 0. The highest BCUT2D eigenvalue weighted by Gasteiger charge is 2.29. The Morgan fingerprint density at radius 3 is 2.03 bits per heavy atom. The summed E-state index contributed by atoms with van der Waals surface area (Å²) in [5.41, 5.74) is 3.34. The Labute approximate surface area is 200 Å². The van der Waals surface area contributed by atoms with Gasteiger partial charge in [-0.05, 0) is 46.0 Å². The van der Waals surface area contributed by atoms with Gasteiger partial charge in [-0.1, -0.05) is 48.5 Å². The lowest BCUT2D eigenvalue weighted by Gasteiger charge is -2.21. The third-order valence-electron chi connectivity index (χ3n) is 6.01. The van der Waals surface area contributed by atoms with Crippen LogP contribution in [0.5, 0.6) is 0 Å². The van der Waals surface area contributed by atoms with Crippen molar-refractivity contribution in [1.82, 2.24) is 5.32 Å². The smallest absolute Gasteiger partial charge is 0.407 e. The van der Waals surface area contributed by atoms with E-state index >= 15 is 0 Å². The number of hydrogen-bond donors (Lipinski definition) is 5. The Kier molecular flexibility index (Phi) is 6.81. The molecule has 3 aromatic carbocycles. The van der Waals surface area contributed by atoms with Crippen molar-refractivity contribution in [3.8, 4) is 11.1 Å². The average Bonchev–Trinajstić information content (AvgIpc) is 3.18. The number of carboxylic acids is 2. The molecule has 0 aromatic heterocycles. The molecule has 9 nitrogen and oxygen atoms in total. The number of benzene rings is 3. The van der Waals surface area contributed by atoms with Crippen LogP contribution >= 0.6 is 0 Å². The van der Waals surface area contributed by atoms with Crippen LogP contribution in [-0.4, -0.2) is 57.7 Å². The number of amides is 1. The number of nitrogens with one attached hydrogen (secondary N) is 1. The topological polar surface area (TPSA) is 153 Å². The zero-order valence-corrected chi connectivity index (χ0v) is 18.4.